The van der Waals surface area contributed by atoms with Crippen molar-refractivity contribution >= 4 is 17.5 Å². The molecule has 2 aliphatic rings. The molecule has 0 unspecified atom stereocenters. The third kappa shape index (κ3) is 4.11. The van der Waals surface area contributed by atoms with Crippen LogP contribution in [0.4, 0.5) is 5.69 Å². The van der Waals surface area contributed by atoms with Crippen LogP contribution in [0.3, 0.4) is 0 Å². The summed E-state index contributed by atoms with van der Waals surface area (Å²) in [6.45, 7) is 1.16. The Morgan fingerprint density at radius 3 is 2.43 bits per heavy atom. The Morgan fingerprint density at radius 1 is 0.857 bits per heavy atom. The number of carbonyl (C=O) groups excluding carboxylic acids is 2. The molecule has 1 aliphatic heterocycles. The summed E-state index contributed by atoms with van der Waals surface area (Å²) >= 11 is 0. The molecule has 146 valence electrons. The SMILES string of the molecule is O=C(Nc1ccccc1C(=O)NC1CCCC1)c1ccc2c(c1)OCCCO2. The molecular weight excluding hydrogens is 356 g/mol. The number of para-hydroxylation sites is 1. The fourth-order valence-electron chi connectivity index (χ4n) is 3.62. The first-order chi connectivity index (χ1) is 13.7. The van der Waals surface area contributed by atoms with Crippen LogP contribution in [0, 0.1) is 0 Å². The predicted octanol–water partition coefficient (Wildman–Crippen LogP) is 3.77. The Labute approximate surface area is 164 Å². The first kappa shape index (κ1) is 18.3. The molecule has 2 aromatic rings. The zero-order chi connectivity index (χ0) is 19.3. The van der Waals surface area contributed by atoms with Crippen LogP contribution in [0.1, 0.15) is 52.8 Å². The number of nitrogens with one attached hydrogen (secondary N) is 2. The summed E-state index contributed by atoms with van der Waals surface area (Å²) in [6.07, 6.45) is 5.12. The van der Waals surface area contributed by atoms with Crippen molar-refractivity contribution in [3.8, 4) is 11.5 Å². The van der Waals surface area contributed by atoms with Gasteiger partial charge in [0.25, 0.3) is 11.8 Å². The lowest BCUT2D eigenvalue weighted by Gasteiger charge is -2.15. The van der Waals surface area contributed by atoms with Crippen LogP contribution in [-0.2, 0) is 0 Å². The molecule has 6 heteroatoms. The first-order valence-electron chi connectivity index (χ1n) is 9.81. The molecule has 1 aliphatic carbocycles. The number of ether oxygens (including phenoxy) is 2. The Balaban J connectivity index is 1.50. The highest BCUT2D eigenvalue weighted by molar-refractivity contribution is 6.09. The third-order valence-electron chi connectivity index (χ3n) is 5.12. The summed E-state index contributed by atoms with van der Waals surface area (Å²) in [5, 5.41) is 5.93. The molecule has 0 radical (unpaired) electrons. The van der Waals surface area contributed by atoms with Crippen molar-refractivity contribution in [2.75, 3.05) is 18.5 Å². The molecule has 0 atom stereocenters. The average Bonchev–Trinajstić information content (AvgIpc) is 3.10. The Morgan fingerprint density at radius 2 is 1.61 bits per heavy atom. The van der Waals surface area contributed by atoms with E-state index in [4.69, 9.17) is 9.47 Å². The lowest BCUT2D eigenvalue weighted by Crippen LogP contribution is -2.33. The van der Waals surface area contributed by atoms with Crippen LogP contribution in [0.15, 0.2) is 42.5 Å². The summed E-state index contributed by atoms with van der Waals surface area (Å²) in [5.74, 6) is 0.765. The standard InChI is InChI=1S/C22H24N2O4/c25-21(15-10-11-19-20(14-15)28-13-5-12-27-19)24-18-9-4-3-8-17(18)22(26)23-16-6-1-2-7-16/h3-4,8-11,14,16H,1-2,5-7,12-13H2,(H,23,26)(H,24,25). The predicted molar refractivity (Wildman–Crippen MR) is 106 cm³/mol. The summed E-state index contributed by atoms with van der Waals surface area (Å²) in [5.41, 5.74) is 1.42. The molecule has 4 rings (SSSR count). The van der Waals surface area contributed by atoms with E-state index in [0.29, 0.717) is 41.5 Å². The van der Waals surface area contributed by atoms with Gasteiger partial charge in [0.05, 0.1) is 24.5 Å². The number of hydrogen-bond acceptors (Lipinski definition) is 4. The molecule has 2 amide bonds. The van der Waals surface area contributed by atoms with Gasteiger partial charge in [0.15, 0.2) is 11.5 Å². The van der Waals surface area contributed by atoms with E-state index in [-0.39, 0.29) is 17.9 Å². The van der Waals surface area contributed by atoms with Crippen LogP contribution in [0.5, 0.6) is 11.5 Å². The van der Waals surface area contributed by atoms with E-state index in [0.717, 1.165) is 32.1 Å². The number of anilines is 1. The minimum absolute atomic E-state index is 0.151. The largest absolute Gasteiger partial charge is 0.490 e. The zero-order valence-electron chi connectivity index (χ0n) is 15.7. The van der Waals surface area contributed by atoms with Crippen molar-refractivity contribution in [3.05, 3.63) is 53.6 Å². The van der Waals surface area contributed by atoms with E-state index in [1.807, 2.05) is 0 Å². The maximum Gasteiger partial charge on any atom is 0.255 e. The van der Waals surface area contributed by atoms with Gasteiger partial charge >= 0.3 is 0 Å². The molecule has 1 saturated carbocycles. The van der Waals surface area contributed by atoms with Crippen LogP contribution in [0.2, 0.25) is 0 Å². The van der Waals surface area contributed by atoms with E-state index in [9.17, 15) is 9.59 Å². The summed E-state index contributed by atoms with van der Waals surface area (Å²) in [4.78, 5) is 25.4. The summed E-state index contributed by atoms with van der Waals surface area (Å²) in [7, 11) is 0. The van der Waals surface area contributed by atoms with Crippen LogP contribution in [-0.4, -0.2) is 31.1 Å². The molecule has 0 aromatic heterocycles. The summed E-state index contributed by atoms with van der Waals surface area (Å²) in [6, 6.07) is 12.4. The molecule has 2 aromatic carbocycles. The molecule has 1 fully saturated rings. The van der Waals surface area contributed by atoms with E-state index in [1.54, 1.807) is 42.5 Å². The molecule has 6 nitrogen and oxygen atoms in total. The van der Waals surface area contributed by atoms with Gasteiger partial charge in [-0.15, -0.1) is 0 Å². The lowest BCUT2D eigenvalue weighted by atomic mass is 10.1. The van der Waals surface area contributed by atoms with E-state index in [1.165, 1.54) is 0 Å². The van der Waals surface area contributed by atoms with Crippen molar-refractivity contribution in [2.45, 2.75) is 38.1 Å². The average molecular weight is 380 g/mol. The minimum atomic E-state index is -0.295. The molecule has 1 heterocycles. The number of amides is 2. The van der Waals surface area contributed by atoms with Gasteiger partial charge < -0.3 is 20.1 Å². The Kier molecular flexibility index (Phi) is 5.46. The number of fused-ring (bicyclic) bond motifs is 1. The topological polar surface area (TPSA) is 76.7 Å². The lowest BCUT2D eigenvalue weighted by molar-refractivity contribution is 0.0938. The highest BCUT2D eigenvalue weighted by Gasteiger charge is 2.21. The molecule has 28 heavy (non-hydrogen) atoms. The van der Waals surface area contributed by atoms with Crippen LogP contribution < -0.4 is 20.1 Å². The quantitative estimate of drug-likeness (QED) is 0.846. The Bertz CT molecular complexity index is 875. The van der Waals surface area contributed by atoms with Gasteiger partial charge in [-0.1, -0.05) is 25.0 Å². The van der Waals surface area contributed by atoms with Crippen molar-refractivity contribution in [3.63, 3.8) is 0 Å². The van der Waals surface area contributed by atoms with Gasteiger partial charge in [-0.25, -0.2) is 0 Å². The molecule has 0 bridgehead atoms. The fourth-order valence-corrected chi connectivity index (χ4v) is 3.62. The summed E-state index contributed by atoms with van der Waals surface area (Å²) < 4.78 is 11.3. The van der Waals surface area contributed by atoms with Gasteiger partial charge in [-0.05, 0) is 43.2 Å². The maximum absolute atomic E-state index is 12.8. The van der Waals surface area contributed by atoms with Crippen molar-refractivity contribution in [1.82, 2.24) is 5.32 Å². The third-order valence-corrected chi connectivity index (χ3v) is 5.12. The fraction of sp³-hybridized carbons (Fsp3) is 0.364. The zero-order valence-corrected chi connectivity index (χ0v) is 15.7. The molecule has 2 N–H and O–H groups in total. The number of benzene rings is 2. The first-order valence-corrected chi connectivity index (χ1v) is 9.81. The van der Waals surface area contributed by atoms with Gasteiger partial charge in [-0.2, -0.15) is 0 Å². The van der Waals surface area contributed by atoms with Gasteiger partial charge in [0, 0.05) is 18.0 Å². The molecule has 0 saturated heterocycles. The van der Waals surface area contributed by atoms with Crippen LogP contribution >= 0.6 is 0 Å². The number of hydrogen-bond donors (Lipinski definition) is 2. The number of rotatable bonds is 4. The highest BCUT2D eigenvalue weighted by Crippen LogP contribution is 2.31. The van der Waals surface area contributed by atoms with Gasteiger partial charge in [-0.3, -0.25) is 9.59 Å². The second-order valence-corrected chi connectivity index (χ2v) is 7.17. The minimum Gasteiger partial charge on any atom is -0.490 e. The van der Waals surface area contributed by atoms with Gasteiger partial charge in [0.2, 0.25) is 0 Å². The normalized spacial score (nSPS) is 16.3. The van der Waals surface area contributed by atoms with Crippen molar-refractivity contribution in [2.24, 2.45) is 0 Å². The van der Waals surface area contributed by atoms with E-state index < -0.39 is 0 Å². The maximum atomic E-state index is 12.8. The molecule has 0 spiro atoms. The van der Waals surface area contributed by atoms with E-state index in [2.05, 4.69) is 10.6 Å². The van der Waals surface area contributed by atoms with E-state index >= 15 is 0 Å². The highest BCUT2D eigenvalue weighted by atomic mass is 16.5. The second-order valence-electron chi connectivity index (χ2n) is 7.17. The van der Waals surface area contributed by atoms with Crippen molar-refractivity contribution < 1.29 is 19.1 Å². The van der Waals surface area contributed by atoms with Crippen LogP contribution in [0.25, 0.3) is 0 Å². The number of carbonyl (C=O) groups is 2. The van der Waals surface area contributed by atoms with Gasteiger partial charge in [0.1, 0.15) is 0 Å². The second kappa shape index (κ2) is 8.33. The molecular formula is C22H24N2O4. The monoisotopic (exact) mass is 380 g/mol. The Hall–Kier alpha value is -3.02. The van der Waals surface area contributed by atoms with Crippen molar-refractivity contribution in [1.29, 1.82) is 0 Å². The smallest absolute Gasteiger partial charge is 0.255 e.